The molecule has 1 N–H and O–H groups in total. The molecule has 1 aromatic rings. The lowest BCUT2D eigenvalue weighted by Crippen LogP contribution is -2.02. The van der Waals surface area contributed by atoms with Crippen molar-refractivity contribution in [1.82, 2.24) is 0 Å². The van der Waals surface area contributed by atoms with Crippen molar-refractivity contribution in [3.63, 3.8) is 0 Å². The van der Waals surface area contributed by atoms with E-state index in [9.17, 15) is 4.79 Å². The zero-order chi connectivity index (χ0) is 15.1. The number of nitrogens with zero attached hydrogens (tertiary/aromatic N) is 1. The maximum atomic E-state index is 10.8. The van der Waals surface area contributed by atoms with Gasteiger partial charge in [-0.2, -0.15) is 0 Å². The average Bonchev–Trinajstić information content (AvgIpc) is 2.86. The van der Waals surface area contributed by atoms with Crippen molar-refractivity contribution in [2.24, 2.45) is 4.99 Å². The topological polar surface area (TPSA) is 68.1 Å². The number of aliphatic carboxylic acids is 1. The maximum absolute atomic E-state index is 10.8. The number of allylic oxidation sites excluding steroid dienone is 1. The van der Waals surface area contributed by atoms with Gasteiger partial charge in [-0.25, -0.2) is 0 Å². The van der Waals surface area contributed by atoms with Crippen LogP contribution in [0.3, 0.4) is 0 Å². The fourth-order valence-corrected chi connectivity index (χ4v) is 3.31. The number of ether oxygens (including phenoxy) is 2. The van der Waals surface area contributed by atoms with Crippen molar-refractivity contribution in [2.75, 3.05) is 13.7 Å². The van der Waals surface area contributed by atoms with Crippen LogP contribution in [0.1, 0.15) is 12.8 Å². The summed E-state index contributed by atoms with van der Waals surface area (Å²) in [6, 6.07) is 9.46. The van der Waals surface area contributed by atoms with Crippen LogP contribution in [0.25, 0.3) is 0 Å². The molecule has 1 aliphatic rings. The molecule has 0 spiro atoms. The molecule has 0 amide bonds. The lowest BCUT2D eigenvalue weighted by molar-refractivity contribution is -0.136. The van der Waals surface area contributed by atoms with Crippen LogP contribution in [0.2, 0.25) is 0 Å². The van der Waals surface area contributed by atoms with Crippen molar-refractivity contribution in [1.29, 1.82) is 0 Å². The van der Waals surface area contributed by atoms with E-state index in [0.29, 0.717) is 13.0 Å². The smallest absolute Gasteiger partial charge is 0.303 e. The number of benzene rings is 1. The first-order valence-corrected chi connectivity index (χ1v) is 7.79. The monoisotopic (exact) mass is 307 g/mol. The lowest BCUT2D eigenvalue weighted by atomic mass is 10.2. The minimum absolute atomic E-state index is 0.0780. The zero-order valence-electron chi connectivity index (χ0n) is 11.7. The minimum Gasteiger partial charge on any atom is -0.487 e. The molecule has 0 fully saturated rings. The Hall–Kier alpha value is -1.92. The standard InChI is InChI=1S/C15H17NO4S/c1-19-11-21-10-16-13(14(21)7-8-15(17)18)9-20-12-5-3-2-4-6-12/h2-6,10-11H,7-9H2,1H3,(H,17,18). The van der Waals surface area contributed by atoms with E-state index >= 15 is 0 Å². The first-order chi connectivity index (χ1) is 10.2. The average molecular weight is 307 g/mol. The van der Waals surface area contributed by atoms with Crippen LogP contribution in [0.4, 0.5) is 0 Å². The summed E-state index contributed by atoms with van der Waals surface area (Å²) in [4.78, 5) is 16.1. The Kier molecular flexibility index (Phi) is 5.71. The molecule has 1 unspecified atom stereocenters. The number of hydrogen-bond donors (Lipinski definition) is 1. The highest BCUT2D eigenvalue weighted by atomic mass is 32.2. The number of para-hydroxylation sites is 1. The Morgan fingerprint density at radius 2 is 2.14 bits per heavy atom. The summed E-state index contributed by atoms with van der Waals surface area (Å²) in [5.74, 6) is -0.0565. The lowest BCUT2D eigenvalue weighted by Gasteiger charge is -2.09. The van der Waals surface area contributed by atoms with Crippen molar-refractivity contribution in [2.45, 2.75) is 12.8 Å². The molecule has 2 rings (SSSR count). The van der Waals surface area contributed by atoms with Crippen LogP contribution in [0.15, 0.2) is 45.9 Å². The summed E-state index contributed by atoms with van der Waals surface area (Å²) < 4.78 is 10.7. The van der Waals surface area contributed by atoms with E-state index in [1.54, 1.807) is 18.2 Å². The van der Waals surface area contributed by atoms with Gasteiger partial charge in [0.15, 0.2) is 0 Å². The number of carboxylic acid groups (broad SMARTS) is 1. The Morgan fingerprint density at radius 1 is 1.38 bits per heavy atom. The molecule has 6 heteroatoms. The van der Waals surface area contributed by atoms with E-state index in [0.717, 1.165) is 16.4 Å². The highest BCUT2D eigenvalue weighted by molar-refractivity contribution is 8.29. The first-order valence-electron chi connectivity index (χ1n) is 6.44. The Labute approximate surface area is 125 Å². The molecule has 1 aliphatic heterocycles. The van der Waals surface area contributed by atoms with E-state index < -0.39 is 5.97 Å². The summed E-state index contributed by atoms with van der Waals surface area (Å²) in [7, 11) is 1.21. The van der Waals surface area contributed by atoms with E-state index in [2.05, 4.69) is 4.99 Å². The largest absolute Gasteiger partial charge is 0.487 e. The molecule has 0 radical (unpaired) electrons. The van der Waals surface area contributed by atoms with Gasteiger partial charge in [0, 0.05) is 18.4 Å². The van der Waals surface area contributed by atoms with Gasteiger partial charge in [-0.3, -0.25) is 9.79 Å². The predicted molar refractivity (Wildman–Crippen MR) is 85.0 cm³/mol. The second kappa shape index (κ2) is 7.75. The number of carboxylic acids is 1. The van der Waals surface area contributed by atoms with Gasteiger partial charge < -0.3 is 14.6 Å². The van der Waals surface area contributed by atoms with Gasteiger partial charge in [0.1, 0.15) is 12.4 Å². The molecular weight excluding hydrogens is 290 g/mol. The van der Waals surface area contributed by atoms with E-state index in [-0.39, 0.29) is 16.9 Å². The van der Waals surface area contributed by atoms with Gasteiger partial charge in [0.05, 0.1) is 16.8 Å². The zero-order valence-corrected chi connectivity index (χ0v) is 12.5. The van der Waals surface area contributed by atoms with Crippen LogP contribution in [-0.2, 0) is 9.53 Å². The van der Waals surface area contributed by atoms with E-state index in [1.165, 1.54) is 0 Å². The van der Waals surface area contributed by atoms with Crippen molar-refractivity contribution in [3.05, 3.63) is 40.9 Å². The number of carbonyl (C=O) groups is 1. The SMILES string of the molecule is COC=S1C=NC(COc2ccccc2)=C1CCC(=O)O. The molecule has 112 valence electrons. The van der Waals surface area contributed by atoms with E-state index in [4.69, 9.17) is 14.6 Å². The summed E-state index contributed by atoms with van der Waals surface area (Å²) in [5.41, 5.74) is 4.25. The highest BCUT2D eigenvalue weighted by Gasteiger charge is 2.17. The van der Waals surface area contributed by atoms with Gasteiger partial charge in [-0.05, 0) is 18.6 Å². The van der Waals surface area contributed by atoms with Gasteiger partial charge in [-0.15, -0.1) is 0 Å². The molecule has 0 bridgehead atoms. The van der Waals surface area contributed by atoms with Gasteiger partial charge >= 0.3 is 5.97 Å². The molecule has 21 heavy (non-hydrogen) atoms. The fourth-order valence-electron chi connectivity index (χ4n) is 1.85. The van der Waals surface area contributed by atoms with Gasteiger partial charge in [0.2, 0.25) is 0 Å². The molecule has 5 nitrogen and oxygen atoms in total. The van der Waals surface area contributed by atoms with Crippen LogP contribution in [0.5, 0.6) is 5.75 Å². The van der Waals surface area contributed by atoms with Crippen LogP contribution in [-0.4, -0.2) is 35.9 Å². The van der Waals surface area contributed by atoms with Crippen LogP contribution in [0, 0.1) is 0 Å². The number of rotatable bonds is 7. The fraction of sp³-hybridized carbons (Fsp3) is 0.267. The molecule has 1 heterocycles. The number of aliphatic imine (C=N–C) groups is 1. The van der Waals surface area contributed by atoms with Gasteiger partial charge in [-0.1, -0.05) is 28.7 Å². The summed E-state index contributed by atoms with van der Waals surface area (Å²) in [5, 5.41) is 8.85. The second-order valence-electron chi connectivity index (χ2n) is 4.30. The maximum Gasteiger partial charge on any atom is 0.303 e. The predicted octanol–water partition coefficient (Wildman–Crippen LogP) is 2.86. The normalized spacial score (nSPS) is 17.5. The molecule has 1 aromatic carbocycles. The second-order valence-corrected chi connectivity index (χ2v) is 5.94. The van der Waals surface area contributed by atoms with Gasteiger partial charge in [0.25, 0.3) is 0 Å². The summed E-state index contributed by atoms with van der Waals surface area (Å²) in [6.07, 6.45) is 0.528. The summed E-state index contributed by atoms with van der Waals surface area (Å²) in [6.45, 7) is 0.330. The number of methoxy groups -OCH3 is 1. The summed E-state index contributed by atoms with van der Waals surface area (Å²) >= 11 is 0. The highest BCUT2D eigenvalue weighted by Crippen LogP contribution is 2.35. The Balaban J connectivity index is 2.10. The molecule has 0 saturated carbocycles. The third-order valence-electron chi connectivity index (χ3n) is 2.81. The Morgan fingerprint density at radius 3 is 2.81 bits per heavy atom. The number of hydrogen-bond acceptors (Lipinski definition) is 4. The Bertz CT molecular complexity index is 593. The van der Waals surface area contributed by atoms with Crippen molar-refractivity contribution in [3.8, 4) is 5.75 Å². The van der Waals surface area contributed by atoms with Crippen molar-refractivity contribution >= 4 is 27.6 Å². The van der Waals surface area contributed by atoms with Crippen LogP contribution >= 0.6 is 10.5 Å². The van der Waals surface area contributed by atoms with Crippen LogP contribution < -0.4 is 4.74 Å². The third-order valence-corrected chi connectivity index (χ3v) is 4.55. The molecule has 1 atom stereocenters. The molecule has 0 aromatic heterocycles. The quantitative estimate of drug-likeness (QED) is 0.787. The van der Waals surface area contributed by atoms with E-state index in [1.807, 2.05) is 30.3 Å². The molecular formula is C15H17NO4S. The first kappa shape index (κ1) is 15.5. The third kappa shape index (κ3) is 4.54. The minimum atomic E-state index is -0.821. The van der Waals surface area contributed by atoms with Crippen molar-refractivity contribution < 1.29 is 19.4 Å². The molecule has 0 aliphatic carbocycles. The molecule has 0 saturated heterocycles.